The molecule has 32 heavy (non-hydrogen) atoms. The third kappa shape index (κ3) is 6.94. The number of carbonyl (C=O) groups excluding carboxylic acids is 1. The van der Waals surface area contributed by atoms with Gasteiger partial charge < -0.3 is 16.4 Å². The highest BCUT2D eigenvalue weighted by Gasteiger charge is 2.37. The highest BCUT2D eigenvalue weighted by atomic mass is 19.4. The number of hydrogen-bond donors (Lipinski definition) is 3. The van der Waals surface area contributed by atoms with Gasteiger partial charge in [-0.05, 0) is 20.2 Å². The molecular weight excluding hydrogens is 425 g/mol. The summed E-state index contributed by atoms with van der Waals surface area (Å²) < 4.78 is 40.9. The van der Waals surface area contributed by atoms with Crippen molar-refractivity contribution in [3.63, 3.8) is 0 Å². The number of carbonyl (C=O) groups is 1. The van der Waals surface area contributed by atoms with E-state index in [2.05, 4.69) is 25.8 Å². The quantitative estimate of drug-likeness (QED) is 0.546. The van der Waals surface area contributed by atoms with Gasteiger partial charge in [0.25, 0.3) is 5.91 Å². The number of halogens is 3. The number of alkyl halides is 3. The van der Waals surface area contributed by atoms with E-state index in [1.807, 2.05) is 14.1 Å². The summed E-state index contributed by atoms with van der Waals surface area (Å²) in [5.74, 6) is -0.638. The Kier molecular flexibility index (Phi) is 9.00. The summed E-state index contributed by atoms with van der Waals surface area (Å²) in [4.78, 5) is 16.2. The van der Waals surface area contributed by atoms with Crippen LogP contribution in [-0.2, 0) is 13.2 Å². The monoisotopic (exact) mass is 454 g/mol. The minimum Gasteiger partial charge on any atom is -0.384 e. The van der Waals surface area contributed by atoms with Crippen molar-refractivity contribution in [2.75, 3.05) is 25.1 Å². The van der Waals surface area contributed by atoms with Crippen LogP contribution in [0.4, 0.5) is 24.7 Å². The number of nitrogens with one attached hydrogen (secondary N) is 2. The third-order valence-corrected chi connectivity index (χ3v) is 4.48. The molecule has 0 spiro atoms. The van der Waals surface area contributed by atoms with E-state index in [0.29, 0.717) is 0 Å². The van der Waals surface area contributed by atoms with Gasteiger partial charge in [0.1, 0.15) is 11.4 Å². The molecule has 1 aliphatic carbocycles. The first-order valence-electron chi connectivity index (χ1n) is 10.3. The van der Waals surface area contributed by atoms with Crippen LogP contribution in [0.15, 0.2) is 24.7 Å². The zero-order valence-corrected chi connectivity index (χ0v) is 18.4. The van der Waals surface area contributed by atoms with Gasteiger partial charge >= 0.3 is 6.18 Å². The van der Waals surface area contributed by atoms with Crippen molar-refractivity contribution in [2.45, 2.75) is 44.7 Å². The largest absolute Gasteiger partial charge is 0.437 e. The average Bonchev–Trinajstić information content (AvgIpc) is 3.33. The zero-order valence-electron chi connectivity index (χ0n) is 18.4. The molecule has 4 rings (SSSR count). The molecule has 0 saturated heterocycles. The molecule has 1 saturated carbocycles. The number of nitrogens with two attached hydrogens (primary N) is 1. The number of anilines is 2. The van der Waals surface area contributed by atoms with Gasteiger partial charge in [0.15, 0.2) is 11.3 Å². The number of fused-ring (bicyclic) bond motifs is 1. The molecule has 3 aromatic heterocycles. The van der Waals surface area contributed by atoms with Crippen molar-refractivity contribution in [1.29, 1.82) is 0 Å². The molecule has 0 unspecified atom stereocenters. The maximum absolute atomic E-state index is 12.9. The molecule has 0 aliphatic heterocycles. The SMILES string of the molecule is C1CCCCC1.CNC.Cn1cc(NC(=O)c2cnn3ccc(N)nc23)c(C(F)(F)F)n1. The molecule has 9 nitrogen and oxygen atoms in total. The maximum Gasteiger partial charge on any atom is 0.437 e. The average molecular weight is 455 g/mol. The Morgan fingerprint density at radius 1 is 1.12 bits per heavy atom. The van der Waals surface area contributed by atoms with Crippen LogP contribution in [0.3, 0.4) is 0 Å². The molecular formula is C20H29F3N8O. The Bertz CT molecular complexity index is 997. The minimum absolute atomic E-state index is 0.00530. The standard InChI is InChI=1S/C12H10F3N7O.C6H12.C2H7N/c1-21-5-7(9(20-21)12(13,14)15)18-11(23)6-4-17-22-3-2-8(16)19-10(6)22;1-2-4-6-5-3-1;1-3-2/h2-5H,1H3,(H2,16,19)(H,18,23);1-6H2;3H,1-2H3. The molecule has 0 radical (unpaired) electrons. The Morgan fingerprint density at radius 2 is 1.69 bits per heavy atom. The summed E-state index contributed by atoms with van der Waals surface area (Å²) in [5, 5.41) is 12.1. The summed E-state index contributed by atoms with van der Waals surface area (Å²) in [5.41, 5.74) is 4.04. The van der Waals surface area contributed by atoms with E-state index in [0.717, 1.165) is 10.9 Å². The lowest BCUT2D eigenvalue weighted by atomic mass is 10.0. The van der Waals surface area contributed by atoms with Crippen LogP contribution < -0.4 is 16.4 Å². The Labute approximate surface area is 184 Å². The lowest BCUT2D eigenvalue weighted by molar-refractivity contribution is -0.140. The summed E-state index contributed by atoms with van der Waals surface area (Å²) >= 11 is 0. The number of hydrogen-bond acceptors (Lipinski definition) is 6. The van der Waals surface area contributed by atoms with Crippen LogP contribution in [0.5, 0.6) is 0 Å². The summed E-state index contributed by atoms with van der Waals surface area (Å²) in [6.07, 6.45) is 8.06. The molecule has 0 aromatic carbocycles. The summed E-state index contributed by atoms with van der Waals surface area (Å²) in [7, 11) is 5.07. The lowest BCUT2D eigenvalue weighted by Crippen LogP contribution is -2.16. The molecule has 4 N–H and O–H groups in total. The van der Waals surface area contributed by atoms with E-state index < -0.39 is 23.5 Å². The van der Waals surface area contributed by atoms with E-state index in [1.54, 1.807) is 0 Å². The van der Waals surface area contributed by atoms with Gasteiger partial charge in [-0.3, -0.25) is 9.48 Å². The van der Waals surface area contributed by atoms with Crippen LogP contribution in [0.2, 0.25) is 0 Å². The molecule has 1 amide bonds. The molecule has 1 fully saturated rings. The second-order valence-corrected chi connectivity index (χ2v) is 7.32. The molecule has 3 heterocycles. The van der Waals surface area contributed by atoms with Gasteiger partial charge in [0.2, 0.25) is 0 Å². The fraction of sp³-hybridized carbons (Fsp3) is 0.500. The number of nitrogens with zero attached hydrogens (tertiary/aromatic N) is 5. The van der Waals surface area contributed by atoms with Crippen molar-refractivity contribution in [1.82, 2.24) is 29.7 Å². The fourth-order valence-corrected chi connectivity index (χ4v) is 3.08. The van der Waals surface area contributed by atoms with Gasteiger partial charge in [0.05, 0.1) is 11.9 Å². The van der Waals surface area contributed by atoms with E-state index in [4.69, 9.17) is 5.73 Å². The highest BCUT2D eigenvalue weighted by Crippen LogP contribution is 2.33. The maximum atomic E-state index is 12.9. The number of rotatable bonds is 2. The van der Waals surface area contributed by atoms with Crippen molar-refractivity contribution < 1.29 is 18.0 Å². The van der Waals surface area contributed by atoms with Gasteiger partial charge in [-0.15, -0.1) is 0 Å². The zero-order chi connectivity index (χ0) is 23.7. The lowest BCUT2D eigenvalue weighted by Gasteiger charge is -2.07. The fourth-order valence-electron chi connectivity index (χ4n) is 3.08. The Hall–Kier alpha value is -3.15. The van der Waals surface area contributed by atoms with Crippen LogP contribution in [0.1, 0.15) is 54.6 Å². The van der Waals surface area contributed by atoms with Gasteiger partial charge in [-0.25, -0.2) is 9.50 Å². The molecule has 1 aliphatic rings. The smallest absolute Gasteiger partial charge is 0.384 e. The van der Waals surface area contributed by atoms with Crippen LogP contribution in [0, 0.1) is 0 Å². The number of amides is 1. The van der Waals surface area contributed by atoms with Crippen molar-refractivity contribution in [2.24, 2.45) is 7.05 Å². The third-order valence-electron chi connectivity index (χ3n) is 4.48. The number of nitrogen functional groups attached to an aromatic ring is 1. The normalized spacial score (nSPS) is 13.6. The summed E-state index contributed by atoms with van der Waals surface area (Å²) in [6, 6.07) is 1.48. The molecule has 0 atom stereocenters. The molecule has 12 heteroatoms. The Balaban J connectivity index is 0.000000339. The topological polar surface area (TPSA) is 115 Å². The van der Waals surface area contributed by atoms with Gasteiger partial charge in [0, 0.05) is 19.4 Å². The predicted octanol–water partition coefficient (Wildman–Crippen LogP) is 3.49. The van der Waals surface area contributed by atoms with E-state index in [1.165, 1.54) is 68.5 Å². The first kappa shape index (κ1) is 25.1. The highest BCUT2D eigenvalue weighted by molar-refractivity contribution is 6.08. The van der Waals surface area contributed by atoms with E-state index >= 15 is 0 Å². The van der Waals surface area contributed by atoms with Gasteiger partial charge in [-0.1, -0.05) is 38.5 Å². The molecule has 176 valence electrons. The number of aryl methyl sites for hydroxylation is 1. The van der Waals surface area contributed by atoms with Crippen molar-refractivity contribution in [3.05, 3.63) is 35.9 Å². The second-order valence-electron chi connectivity index (χ2n) is 7.32. The van der Waals surface area contributed by atoms with Gasteiger partial charge in [-0.2, -0.15) is 23.4 Å². The van der Waals surface area contributed by atoms with E-state index in [9.17, 15) is 18.0 Å². The van der Waals surface area contributed by atoms with Crippen molar-refractivity contribution >= 4 is 23.1 Å². The van der Waals surface area contributed by atoms with Crippen molar-refractivity contribution in [3.8, 4) is 0 Å². The summed E-state index contributed by atoms with van der Waals surface area (Å²) in [6.45, 7) is 0. The van der Waals surface area contributed by atoms with Crippen LogP contribution in [-0.4, -0.2) is 44.4 Å². The minimum atomic E-state index is -4.69. The van der Waals surface area contributed by atoms with E-state index in [-0.39, 0.29) is 17.0 Å². The Morgan fingerprint density at radius 3 is 2.22 bits per heavy atom. The van der Waals surface area contributed by atoms with Crippen LogP contribution in [0.25, 0.3) is 5.65 Å². The number of aromatic nitrogens is 5. The molecule has 0 bridgehead atoms. The second kappa shape index (κ2) is 11.5. The van der Waals surface area contributed by atoms with Crippen LogP contribution >= 0.6 is 0 Å². The predicted molar refractivity (Wildman–Crippen MR) is 116 cm³/mol. The first-order chi connectivity index (χ1) is 15.2. The first-order valence-corrected chi connectivity index (χ1v) is 10.3. The molecule has 3 aromatic rings.